The summed E-state index contributed by atoms with van der Waals surface area (Å²) in [6.45, 7) is 3.05. The van der Waals surface area contributed by atoms with Crippen LogP contribution in [-0.2, 0) is 0 Å². The van der Waals surface area contributed by atoms with Gasteiger partial charge in [0.2, 0.25) is 0 Å². The Kier molecular flexibility index (Phi) is 6.46. The molecule has 0 amide bonds. The van der Waals surface area contributed by atoms with E-state index in [1.165, 1.54) is 32.2 Å². The molecule has 4 heteroatoms. The average molecular weight is 306 g/mol. The van der Waals surface area contributed by atoms with Crippen molar-refractivity contribution in [3.63, 3.8) is 0 Å². The van der Waals surface area contributed by atoms with Crippen molar-refractivity contribution < 1.29 is 4.74 Å². The van der Waals surface area contributed by atoms with Gasteiger partial charge in [-0.2, -0.15) is 0 Å². The summed E-state index contributed by atoms with van der Waals surface area (Å²) in [6.07, 6.45) is 6.70. The second-order valence-electron chi connectivity index (χ2n) is 6.01. The Bertz CT molecular complexity index is 458. The van der Waals surface area contributed by atoms with E-state index >= 15 is 0 Å². The van der Waals surface area contributed by atoms with Crippen LogP contribution in [0.5, 0.6) is 5.75 Å². The quantitative estimate of drug-likeness (QED) is 0.591. The van der Waals surface area contributed by atoms with Gasteiger partial charge in [0.05, 0.1) is 6.61 Å². The van der Waals surface area contributed by atoms with Crippen LogP contribution in [0.3, 0.4) is 0 Å². The molecule has 1 aromatic carbocycles. The normalized spacial score (nSPS) is 15.5. The van der Waals surface area contributed by atoms with Gasteiger partial charge in [0.1, 0.15) is 10.7 Å². The zero-order chi connectivity index (χ0) is 15.1. The Morgan fingerprint density at radius 2 is 2.14 bits per heavy atom. The lowest BCUT2D eigenvalue weighted by molar-refractivity contribution is 0.239. The molecule has 1 aliphatic carbocycles. The first-order chi connectivity index (χ1) is 10.1. The van der Waals surface area contributed by atoms with Crippen molar-refractivity contribution in [3.05, 3.63) is 29.8 Å². The van der Waals surface area contributed by atoms with Crippen LogP contribution in [-0.4, -0.2) is 36.6 Å². The fraction of sp³-hybridized carbons (Fsp3) is 0.588. The van der Waals surface area contributed by atoms with Crippen LogP contribution in [0.25, 0.3) is 0 Å². The Morgan fingerprint density at radius 3 is 2.86 bits per heavy atom. The van der Waals surface area contributed by atoms with E-state index in [9.17, 15) is 0 Å². The molecule has 0 spiro atoms. The molecular weight excluding hydrogens is 280 g/mol. The van der Waals surface area contributed by atoms with E-state index in [0.29, 0.717) is 4.99 Å². The Hall–Kier alpha value is -1.13. The highest BCUT2D eigenvalue weighted by Gasteiger charge is 2.16. The van der Waals surface area contributed by atoms with E-state index in [0.717, 1.165) is 36.8 Å². The molecule has 21 heavy (non-hydrogen) atoms. The van der Waals surface area contributed by atoms with Crippen LogP contribution in [0.4, 0.5) is 0 Å². The fourth-order valence-electron chi connectivity index (χ4n) is 2.99. The van der Waals surface area contributed by atoms with Gasteiger partial charge in [-0.3, -0.25) is 0 Å². The summed E-state index contributed by atoms with van der Waals surface area (Å²) in [5.74, 6) is 1.76. The molecule has 1 aromatic rings. The van der Waals surface area contributed by atoms with Gasteiger partial charge in [-0.05, 0) is 44.4 Å². The molecule has 1 fully saturated rings. The number of ether oxygens (including phenoxy) is 1. The molecule has 0 heterocycles. The number of benzene rings is 1. The lowest BCUT2D eigenvalue weighted by Gasteiger charge is -2.20. The molecule has 3 nitrogen and oxygen atoms in total. The molecule has 1 aliphatic rings. The molecule has 0 unspecified atom stereocenters. The standard InChI is InChI=1S/C17H26N2OS/c1-19(13-14-6-2-3-7-14)10-5-11-20-16-9-4-8-15(12-16)17(18)21/h4,8-9,12,14H,2-3,5-7,10-11,13H2,1H3,(H2,18,21). The van der Waals surface area contributed by atoms with Crippen molar-refractivity contribution >= 4 is 17.2 Å². The summed E-state index contributed by atoms with van der Waals surface area (Å²) in [6, 6.07) is 7.69. The van der Waals surface area contributed by atoms with Crippen molar-refractivity contribution in [3.8, 4) is 5.75 Å². The number of thiocarbonyl (C=S) groups is 1. The molecule has 2 rings (SSSR count). The topological polar surface area (TPSA) is 38.5 Å². The molecule has 0 aromatic heterocycles. The highest BCUT2D eigenvalue weighted by molar-refractivity contribution is 7.80. The molecule has 1 saturated carbocycles. The van der Waals surface area contributed by atoms with E-state index in [1.807, 2.05) is 24.3 Å². The van der Waals surface area contributed by atoms with Crippen LogP contribution < -0.4 is 10.5 Å². The third-order valence-corrected chi connectivity index (χ3v) is 4.35. The highest BCUT2D eigenvalue weighted by Crippen LogP contribution is 2.25. The first kappa shape index (κ1) is 16.2. The molecular formula is C17H26N2OS. The number of rotatable bonds is 8. The predicted molar refractivity (Wildman–Crippen MR) is 91.9 cm³/mol. The molecule has 0 atom stereocenters. The average Bonchev–Trinajstić information content (AvgIpc) is 2.97. The van der Waals surface area contributed by atoms with Crippen LogP contribution >= 0.6 is 12.2 Å². The van der Waals surface area contributed by atoms with E-state index in [1.54, 1.807) is 0 Å². The maximum absolute atomic E-state index is 5.78. The van der Waals surface area contributed by atoms with Gasteiger partial charge >= 0.3 is 0 Å². The number of nitrogens with two attached hydrogens (primary N) is 1. The summed E-state index contributed by atoms with van der Waals surface area (Å²) in [5, 5.41) is 0. The SMILES string of the molecule is CN(CCCOc1cccc(C(N)=S)c1)CC1CCCC1. The molecule has 0 aliphatic heterocycles. The van der Waals surface area contributed by atoms with Crippen LogP contribution in [0, 0.1) is 5.92 Å². The third kappa shape index (κ3) is 5.64. The fourth-order valence-corrected chi connectivity index (χ4v) is 3.12. The monoisotopic (exact) mass is 306 g/mol. The van der Waals surface area contributed by atoms with Crippen molar-refractivity contribution in [1.82, 2.24) is 4.90 Å². The van der Waals surface area contributed by atoms with Gasteiger partial charge < -0.3 is 15.4 Å². The first-order valence-corrected chi connectivity index (χ1v) is 8.27. The Morgan fingerprint density at radius 1 is 1.38 bits per heavy atom. The zero-order valence-corrected chi connectivity index (χ0v) is 13.7. The van der Waals surface area contributed by atoms with Crippen molar-refractivity contribution in [2.75, 3.05) is 26.7 Å². The molecule has 2 N–H and O–H groups in total. The minimum Gasteiger partial charge on any atom is -0.494 e. The van der Waals surface area contributed by atoms with Crippen LogP contribution in [0.15, 0.2) is 24.3 Å². The maximum atomic E-state index is 5.78. The largest absolute Gasteiger partial charge is 0.494 e. The van der Waals surface area contributed by atoms with Gasteiger partial charge in [0, 0.05) is 18.7 Å². The summed E-state index contributed by atoms with van der Waals surface area (Å²) < 4.78 is 5.78. The van der Waals surface area contributed by atoms with Crippen molar-refractivity contribution in [1.29, 1.82) is 0 Å². The van der Waals surface area contributed by atoms with Crippen molar-refractivity contribution in [2.45, 2.75) is 32.1 Å². The van der Waals surface area contributed by atoms with E-state index in [-0.39, 0.29) is 0 Å². The highest BCUT2D eigenvalue weighted by atomic mass is 32.1. The van der Waals surface area contributed by atoms with Crippen LogP contribution in [0.2, 0.25) is 0 Å². The number of nitrogens with zero attached hydrogens (tertiary/aromatic N) is 1. The first-order valence-electron chi connectivity index (χ1n) is 7.86. The molecule has 0 saturated heterocycles. The van der Waals surface area contributed by atoms with Gasteiger partial charge in [0.15, 0.2) is 0 Å². The van der Waals surface area contributed by atoms with Crippen LogP contribution in [0.1, 0.15) is 37.7 Å². The Balaban J connectivity index is 1.64. The predicted octanol–water partition coefficient (Wildman–Crippen LogP) is 3.21. The van der Waals surface area contributed by atoms with Gasteiger partial charge in [-0.1, -0.05) is 37.2 Å². The van der Waals surface area contributed by atoms with E-state index in [4.69, 9.17) is 22.7 Å². The minimum atomic E-state index is 0.414. The van der Waals surface area contributed by atoms with E-state index in [2.05, 4.69) is 11.9 Å². The maximum Gasteiger partial charge on any atom is 0.119 e. The lowest BCUT2D eigenvalue weighted by Crippen LogP contribution is -2.26. The van der Waals surface area contributed by atoms with Gasteiger partial charge in [-0.15, -0.1) is 0 Å². The lowest BCUT2D eigenvalue weighted by atomic mass is 10.1. The van der Waals surface area contributed by atoms with Gasteiger partial charge in [-0.25, -0.2) is 0 Å². The van der Waals surface area contributed by atoms with Crippen molar-refractivity contribution in [2.24, 2.45) is 11.7 Å². The molecule has 0 radical (unpaired) electrons. The summed E-state index contributed by atoms with van der Waals surface area (Å²) in [4.78, 5) is 2.85. The van der Waals surface area contributed by atoms with Gasteiger partial charge in [0.25, 0.3) is 0 Å². The van der Waals surface area contributed by atoms with E-state index < -0.39 is 0 Å². The third-order valence-electron chi connectivity index (χ3n) is 4.12. The summed E-state index contributed by atoms with van der Waals surface area (Å²) in [5.41, 5.74) is 6.49. The second-order valence-corrected chi connectivity index (χ2v) is 6.45. The smallest absolute Gasteiger partial charge is 0.119 e. The molecule has 116 valence electrons. The number of hydrogen-bond acceptors (Lipinski definition) is 3. The zero-order valence-electron chi connectivity index (χ0n) is 12.9. The molecule has 0 bridgehead atoms. The summed E-state index contributed by atoms with van der Waals surface area (Å²) in [7, 11) is 2.21. The number of hydrogen-bond donors (Lipinski definition) is 1. The minimum absolute atomic E-state index is 0.414. The second kappa shape index (κ2) is 8.35. The summed E-state index contributed by atoms with van der Waals surface area (Å²) >= 11 is 4.97. The Labute approximate surface area is 133 Å².